The molecule has 1 rings (SSSR count). The molecular formula is C14H22N2O2. The normalized spacial score (nSPS) is 11.1. The molecule has 0 aliphatic carbocycles. The Morgan fingerprint density at radius 2 is 2.11 bits per heavy atom. The van der Waals surface area contributed by atoms with Crippen LogP contribution in [0.15, 0.2) is 24.3 Å². The zero-order chi connectivity index (χ0) is 13.6. The van der Waals surface area contributed by atoms with Crippen molar-refractivity contribution >= 4 is 11.6 Å². The molecule has 0 spiro atoms. The molecule has 0 aromatic heterocycles. The highest BCUT2D eigenvalue weighted by Gasteiger charge is 2.16. The van der Waals surface area contributed by atoms with Crippen LogP contribution in [-0.2, 0) is 0 Å². The van der Waals surface area contributed by atoms with Crippen molar-refractivity contribution in [1.29, 1.82) is 0 Å². The van der Waals surface area contributed by atoms with E-state index in [1.165, 1.54) is 0 Å². The average molecular weight is 250 g/mol. The molecule has 4 nitrogen and oxygen atoms in total. The Bertz CT molecular complexity index is 403. The van der Waals surface area contributed by atoms with E-state index in [9.17, 15) is 9.90 Å². The largest absolute Gasteiger partial charge is 0.396 e. The summed E-state index contributed by atoms with van der Waals surface area (Å²) in [5.74, 6) is -0.0671. The van der Waals surface area contributed by atoms with Crippen LogP contribution in [0.2, 0.25) is 0 Å². The second-order valence-corrected chi connectivity index (χ2v) is 5.12. The smallest absolute Gasteiger partial charge is 0.251 e. The first-order valence-corrected chi connectivity index (χ1v) is 6.21. The van der Waals surface area contributed by atoms with E-state index in [0.717, 1.165) is 5.69 Å². The lowest BCUT2D eigenvalue weighted by molar-refractivity contribution is 0.0956. The molecule has 0 atom stereocenters. The maximum absolute atomic E-state index is 11.7. The fourth-order valence-electron chi connectivity index (χ4n) is 1.43. The summed E-state index contributed by atoms with van der Waals surface area (Å²) in [5, 5.41) is 15.2. The zero-order valence-corrected chi connectivity index (χ0v) is 11.3. The van der Waals surface area contributed by atoms with Crippen LogP contribution in [0.1, 0.15) is 31.1 Å². The molecule has 0 heterocycles. The summed E-state index contributed by atoms with van der Waals surface area (Å²) in [6.45, 7) is 7.25. The number of aliphatic hydroxyl groups excluding tert-OH is 1. The minimum atomic E-state index is -0.179. The van der Waals surface area contributed by atoms with E-state index in [0.29, 0.717) is 18.7 Å². The van der Waals surface area contributed by atoms with Crippen molar-refractivity contribution in [3.8, 4) is 0 Å². The third-order valence-corrected chi connectivity index (χ3v) is 2.66. The summed E-state index contributed by atoms with van der Waals surface area (Å²) in [5.41, 5.74) is 1.35. The second kappa shape index (κ2) is 6.40. The number of benzene rings is 1. The fraction of sp³-hybridized carbons (Fsp3) is 0.500. The van der Waals surface area contributed by atoms with Crippen molar-refractivity contribution in [1.82, 2.24) is 5.32 Å². The molecule has 0 aliphatic heterocycles. The Morgan fingerprint density at radius 3 is 2.72 bits per heavy atom. The number of hydrogen-bond donors (Lipinski definition) is 3. The van der Waals surface area contributed by atoms with Crippen molar-refractivity contribution in [2.45, 2.75) is 20.8 Å². The average Bonchev–Trinajstić information content (AvgIpc) is 2.37. The molecule has 1 amide bonds. The van der Waals surface area contributed by atoms with Gasteiger partial charge in [0.2, 0.25) is 0 Å². The molecule has 0 fully saturated rings. The van der Waals surface area contributed by atoms with Gasteiger partial charge < -0.3 is 15.7 Å². The highest BCUT2D eigenvalue weighted by Crippen LogP contribution is 2.16. The van der Waals surface area contributed by atoms with Gasteiger partial charge in [-0.3, -0.25) is 4.79 Å². The lowest BCUT2D eigenvalue weighted by atomic mass is 9.95. The molecule has 18 heavy (non-hydrogen) atoms. The van der Waals surface area contributed by atoms with Gasteiger partial charge >= 0.3 is 0 Å². The Hall–Kier alpha value is -1.55. The summed E-state index contributed by atoms with van der Waals surface area (Å²) in [6, 6.07) is 7.36. The van der Waals surface area contributed by atoms with Crippen LogP contribution in [0.4, 0.5) is 5.69 Å². The van der Waals surface area contributed by atoms with E-state index < -0.39 is 0 Å². The van der Waals surface area contributed by atoms with Gasteiger partial charge in [-0.2, -0.15) is 0 Å². The van der Waals surface area contributed by atoms with Gasteiger partial charge in [-0.1, -0.05) is 19.9 Å². The highest BCUT2D eigenvalue weighted by molar-refractivity contribution is 5.95. The molecular weight excluding hydrogens is 228 g/mol. The van der Waals surface area contributed by atoms with Crippen LogP contribution < -0.4 is 10.6 Å². The van der Waals surface area contributed by atoms with E-state index in [2.05, 4.69) is 10.6 Å². The van der Waals surface area contributed by atoms with E-state index >= 15 is 0 Å². The highest BCUT2D eigenvalue weighted by atomic mass is 16.3. The minimum absolute atomic E-state index is 0.0671. The summed E-state index contributed by atoms with van der Waals surface area (Å²) >= 11 is 0. The zero-order valence-electron chi connectivity index (χ0n) is 11.3. The summed E-state index contributed by atoms with van der Waals surface area (Å²) in [4.78, 5) is 11.7. The van der Waals surface area contributed by atoms with Crippen LogP contribution >= 0.6 is 0 Å². The molecule has 3 N–H and O–H groups in total. The molecule has 0 radical (unpaired) electrons. The first kappa shape index (κ1) is 14.5. The fourth-order valence-corrected chi connectivity index (χ4v) is 1.43. The maximum Gasteiger partial charge on any atom is 0.251 e. The Kier molecular flexibility index (Phi) is 5.16. The molecule has 0 saturated heterocycles. The van der Waals surface area contributed by atoms with Gasteiger partial charge in [-0.05, 0) is 25.1 Å². The van der Waals surface area contributed by atoms with Crippen LogP contribution in [0.5, 0.6) is 0 Å². The SMILES string of the molecule is CCNC(=O)c1cccc(NCC(C)(C)CO)c1. The van der Waals surface area contributed by atoms with Crippen LogP contribution in [0, 0.1) is 5.41 Å². The van der Waals surface area contributed by atoms with Gasteiger partial charge in [0.1, 0.15) is 0 Å². The molecule has 1 aromatic carbocycles. The second-order valence-electron chi connectivity index (χ2n) is 5.12. The predicted molar refractivity (Wildman–Crippen MR) is 73.8 cm³/mol. The van der Waals surface area contributed by atoms with E-state index in [-0.39, 0.29) is 17.9 Å². The Labute approximate surface area is 108 Å². The van der Waals surface area contributed by atoms with Crippen molar-refractivity contribution in [3.63, 3.8) is 0 Å². The van der Waals surface area contributed by atoms with Crippen molar-refractivity contribution in [3.05, 3.63) is 29.8 Å². The standard InChI is InChI=1S/C14H22N2O2/c1-4-15-13(18)11-6-5-7-12(8-11)16-9-14(2,3)10-17/h5-8,16-17H,4,9-10H2,1-3H3,(H,15,18). The van der Waals surface area contributed by atoms with Gasteiger partial charge in [-0.25, -0.2) is 0 Å². The topological polar surface area (TPSA) is 61.4 Å². The van der Waals surface area contributed by atoms with Crippen LogP contribution in [-0.4, -0.2) is 30.7 Å². The monoisotopic (exact) mass is 250 g/mol. The van der Waals surface area contributed by atoms with Gasteiger partial charge in [-0.15, -0.1) is 0 Å². The molecule has 0 saturated carbocycles. The predicted octanol–water partition coefficient (Wildman–Crippen LogP) is 1.87. The van der Waals surface area contributed by atoms with Crippen molar-refractivity contribution < 1.29 is 9.90 Å². The number of carbonyl (C=O) groups excluding carboxylic acids is 1. The lowest BCUT2D eigenvalue weighted by Gasteiger charge is -2.22. The summed E-state index contributed by atoms with van der Waals surface area (Å²) < 4.78 is 0. The van der Waals surface area contributed by atoms with Gasteiger partial charge in [0.05, 0.1) is 0 Å². The van der Waals surface area contributed by atoms with E-state index in [1.54, 1.807) is 6.07 Å². The van der Waals surface area contributed by atoms with Gasteiger partial charge in [0, 0.05) is 36.4 Å². The molecule has 0 aliphatic rings. The first-order valence-electron chi connectivity index (χ1n) is 6.21. The Balaban J connectivity index is 2.68. The summed E-state index contributed by atoms with van der Waals surface area (Å²) in [6.07, 6.45) is 0. The van der Waals surface area contributed by atoms with Crippen molar-refractivity contribution in [2.24, 2.45) is 5.41 Å². The van der Waals surface area contributed by atoms with Crippen LogP contribution in [0.3, 0.4) is 0 Å². The number of carbonyl (C=O) groups is 1. The number of hydrogen-bond acceptors (Lipinski definition) is 3. The maximum atomic E-state index is 11.7. The number of aliphatic hydroxyl groups is 1. The molecule has 4 heteroatoms. The minimum Gasteiger partial charge on any atom is -0.396 e. The quantitative estimate of drug-likeness (QED) is 0.722. The van der Waals surface area contributed by atoms with E-state index in [1.807, 2.05) is 39.0 Å². The van der Waals surface area contributed by atoms with Gasteiger partial charge in [0.15, 0.2) is 0 Å². The molecule has 0 bridgehead atoms. The molecule has 100 valence electrons. The summed E-state index contributed by atoms with van der Waals surface area (Å²) in [7, 11) is 0. The first-order chi connectivity index (χ1) is 8.48. The van der Waals surface area contributed by atoms with E-state index in [4.69, 9.17) is 0 Å². The third kappa shape index (κ3) is 4.37. The molecule has 0 unspecified atom stereocenters. The number of rotatable bonds is 6. The number of amides is 1. The number of anilines is 1. The van der Waals surface area contributed by atoms with Gasteiger partial charge in [0.25, 0.3) is 5.91 Å². The lowest BCUT2D eigenvalue weighted by Crippen LogP contribution is -2.27. The third-order valence-electron chi connectivity index (χ3n) is 2.66. The van der Waals surface area contributed by atoms with Crippen molar-refractivity contribution in [2.75, 3.05) is 25.0 Å². The number of nitrogens with one attached hydrogen (secondary N) is 2. The Morgan fingerprint density at radius 1 is 1.39 bits per heavy atom. The van der Waals surface area contributed by atoms with Crippen LogP contribution in [0.25, 0.3) is 0 Å². The molecule has 1 aromatic rings.